The van der Waals surface area contributed by atoms with Crippen molar-refractivity contribution in [3.8, 4) is 0 Å². The van der Waals surface area contributed by atoms with Crippen LogP contribution in [-0.4, -0.2) is 40.7 Å². The predicted octanol–water partition coefficient (Wildman–Crippen LogP) is 1.40. The number of nitrogens with one attached hydrogen (secondary N) is 1. The summed E-state index contributed by atoms with van der Waals surface area (Å²) >= 11 is 0. The van der Waals surface area contributed by atoms with Crippen LogP contribution >= 0.6 is 0 Å². The topological polar surface area (TPSA) is 46.0 Å². The maximum absolute atomic E-state index is 4.44. The highest BCUT2D eigenvalue weighted by Crippen LogP contribution is 2.20. The number of fused-ring (bicyclic) bond motifs is 1. The number of nitrogens with zero attached hydrogens (tertiary/aromatic N) is 4. The fourth-order valence-electron chi connectivity index (χ4n) is 1.95. The number of hydrogen-bond donors (Lipinski definition) is 1. The van der Waals surface area contributed by atoms with Gasteiger partial charge in [0, 0.05) is 39.4 Å². The van der Waals surface area contributed by atoms with Crippen molar-refractivity contribution in [1.82, 2.24) is 19.9 Å². The number of anilines is 1. The number of aromatic nitrogens is 3. The lowest BCUT2D eigenvalue weighted by Crippen LogP contribution is -2.33. The van der Waals surface area contributed by atoms with Gasteiger partial charge in [0.15, 0.2) is 5.82 Å². The fourth-order valence-corrected chi connectivity index (χ4v) is 1.95. The summed E-state index contributed by atoms with van der Waals surface area (Å²) in [5, 5.41) is 3.40. The summed E-state index contributed by atoms with van der Waals surface area (Å²) in [6, 6.07) is 2.50. The van der Waals surface area contributed by atoms with Gasteiger partial charge in [0.2, 0.25) is 0 Å². The zero-order chi connectivity index (χ0) is 13.1. The molecule has 0 radical (unpaired) electrons. The van der Waals surface area contributed by atoms with Crippen LogP contribution in [0.4, 0.5) is 5.82 Å². The van der Waals surface area contributed by atoms with Crippen LogP contribution in [0.2, 0.25) is 0 Å². The van der Waals surface area contributed by atoms with Crippen LogP contribution in [0.3, 0.4) is 0 Å². The van der Waals surface area contributed by atoms with Gasteiger partial charge >= 0.3 is 0 Å². The van der Waals surface area contributed by atoms with E-state index in [2.05, 4.69) is 41.1 Å². The molecule has 0 aliphatic rings. The molecule has 0 spiro atoms. The summed E-state index contributed by atoms with van der Waals surface area (Å²) in [4.78, 5) is 11.0. The van der Waals surface area contributed by atoms with Crippen LogP contribution in [-0.2, 0) is 7.05 Å². The maximum Gasteiger partial charge on any atom is 0.156 e. The van der Waals surface area contributed by atoms with Gasteiger partial charge in [-0.2, -0.15) is 0 Å². The van der Waals surface area contributed by atoms with Gasteiger partial charge in [-0.25, -0.2) is 9.97 Å². The summed E-state index contributed by atoms with van der Waals surface area (Å²) in [6.45, 7) is 6.16. The Morgan fingerprint density at radius 3 is 2.89 bits per heavy atom. The first-order chi connectivity index (χ1) is 8.59. The van der Waals surface area contributed by atoms with Gasteiger partial charge in [-0.15, -0.1) is 0 Å². The van der Waals surface area contributed by atoms with Crippen molar-refractivity contribution in [3.63, 3.8) is 0 Å². The van der Waals surface area contributed by atoms with Crippen LogP contribution in [0, 0.1) is 0 Å². The number of imidazole rings is 1. The third kappa shape index (κ3) is 2.61. The molecule has 5 nitrogen and oxygen atoms in total. The van der Waals surface area contributed by atoms with E-state index >= 15 is 0 Å². The normalized spacial score (nSPS) is 11.4. The van der Waals surface area contributed by atoms with Crippen LogP contribution in [0.15, 0.2) is 18.6 Å². The van der Waals surface area contributed by atoms with Crippen LogP contribution in [0.1, 0.15) is 13.8 Å². The molecule has 0 aliphatic carbocycles. The molecule has 0 aliphatic heterocycles. The van der Waals surface area contributed by atoms with E-state index in [9.17, 15) is 0 Å². The average molecular weight is 247 g/mol. The zero-order valence-corrected chi connectivity index (χ0v) is 11.5. The van der Waals surface area contributed by atoms with E-state index in [-0.39, 0.29) is 0 Å². The highest BCUT2D eigenvalue weighted by atomic mass is 15.2. The summed E-state index contributed by atoms with van der Waals surface area (Å²) < 4.78 is 2.01. The smallest absolute Gasteiger partial charge is 0.156 e. The molecular weight excluding hydrogens is 226 g/mol. The molecule has 98 valence electrons. The van der Waals surface area contributed by atoms with Crippen LogP contribution in [0.5, 0.6) is 0 Å². The Balaban J connectivity index is 2.15. The molecule has 0 amide bonds. The highest BCUT2D eigenvalue weighted by molar-refractivity contribution is 5.86. The molecular formula is C13H21N5. The Morgan fingerprint density at radius 1 is 1.39 bits per heavy atom. The minimum Gasteiger partial charge on any atom is -0.357 e. The number of rotatable bonds is 5. The summed E-state index contributed by atoms with van der Waals surface area (Å²) in [5.41, 5.74) is 2.08. The molecule has 2 heterocycles. The lowest BCUT2D eigenvalue weighted by molar-refractivity contribution is 0.588. The summed E-state index contributed by atoms with van der Waals surface area (Å²) in [5.74, 6) is 0.943. The predicted molar refractivity (Wildman–Crippen MR) is 74.9 cm³/mol. The second-order valence-corrected chi connectivity index (χ2v) is 4.89. The van der Waals surface area contributed by atoms with Crippen LogP contribution < -0.4 is 10.2 Å². The number of aryl methyl sites for hydroxylation is 1. The Labute approximate surface area is 108 Å². The molecule has 2 aromatic heterocycles. The molecule has 0 saturated carbocycles. The van der Waals surface area contributed by atoms with E-state index in [1.807, 2.05) is 30.2 Å². The van der Waals surface area contributed by atoms with Crippen molar-refractivity contribution in [2.24, 2.45) is 7.05 Å². The Bertz CT molecular complexity index is 517. The fraction of sp³-hybridized carbons (Fsp3) is 0.538. The van der Waals surface area contributed by atoms with E-state index in [4.69, 9.17) is 0 Å². The van der Waals surface area contributed by atoms with Crippen molar-refractivity contribution in [2.45, 2.75) is 19.9 Å². The average Bonchev–Trinajstić information content (AvgIpc) is 2.71. The first-order valence-corrected chi connectivity index (χ1v) is 6.30. The van der Waals surface area contributed by atoms with Gasteiger partial charge in [0.25, 0.3) is 0 Å². The van der Waals surface area contributed by atoms with E-state index in [1.165, 1.54) is 0 Å². The van der Waals surface area contributed by atoms with Gasteiger partial charge in [-0.05, 0) is 6.07 Å². The molecule has 18 heavy (non-hydrogen) atoms. The largest absolute Gasteiger partial charge is 0.357 e. The molecule has 5 heteroatoms. The Morgan fingerprint density at radius 2 is 2.17 bits per heavy atom. The quantitative estimate of drug-likeness (QED) is 0.867. The number of likely N-dealkylation sites (N-methyl/N-ethyl adjacent to an activating group) is 1. The molecule has 0 saturated heterocycles. The minimum atomic E-state index is 0.511. The molecule has 0 aromatic carbocycles. The van der Waals surface area contributed by atoms with Crippen molar-refractivity contribution in [1.29, 1.82) is 0 Å². The van der Waals surface area contributed by atoms with Crippen molar-refractivity contribution in [2.75, 3.05) is 25.0 Å². The molecule has 0 atom stereocenters. The van der Waals surface area contributed by atoms with Gasteiger partial charge in [0.05, 0.1) is 11.8 Å². The van der Waals surface area contributed by atoms with Gasteiger partial charge in [-0.1, -0.05) is 13.8 Å². The SMILES string of the molecule is CC(C)NCCN(C)c1nccc2c1ncn2C. The minimum absolute atomic E-state index is 0.511. The van der Waals surface area contributed by atoms with E-state index in [0.29, 0.717) is 6.04 Å². The van der Waals surface area contributed by atoms with Crippen molar-refractivity contribution in [3.05, 3.63) is 18.6 Å². The monoisotopic (exact) mass is 247 g/mol. The number of hydrogen-bond acceptors (Lipinski definition) is 4. The molecule has 0 bridgehead atoms. The summed E-state index contributed by atoms with van der Waals surface area (Å²) in [6.07, 6.45) is 3.67. The molecule has 2 rings (SSSR count). The number of pyridine rings is 1. The second kappa shape index (κ2) is 5.35. The van der Waals surface area contributed by atoms with E-state index in [0.717, 1.165) is 29.9 Å². The molecule has 0 fully saturated rings. The highest BCUT2D eigenvalue weighted by Gasteiger charge is 2.10. The lowest BCUT2D eigenvalue weighted by atomic mass is 10.3. The van der Waals surface area contributed by atoms with Crippen molar-refractivity contribution < 1.29 is 0 Å². The third-order valence-corrected chi connectivity index (χ3v) is 2.99. The van der Waals surface area contributed by atoms with E-state index in [1.54, 1.807) is 0 Å². The molecule has 2 aromatic rings. The van der Waals surface area contributed by atoms with E-state index < -0.39 is 0 Å². The lowest BCUT2D eigenvalue weighted by Gasteiger charge is -2.19. The first-order valence-electron chi connectivity index (χ1n) is 6.30. The first kappa shape index (κ1) is 12.8. The second-order valence-electron chi connectivity index (χ2n) is 4.89. The standard InChI is InChI=1S/C13H21N5/c1-10(2)14-7-8-17(3)13-12-11(5-6-15-13)18(4)9-16-12/h5-6,9-10,14H,7-8H2,1-4H3. The van der Waals surface area contributed by atoms with Gasteiger partial charge in [0.1, 0.15) is 5.52 Å². The van der Waals surface area contributed by atoms with Gasteiger partial charge < -0.3 is 14.8 Å². The third-order valence-electron chi connectivity index (χ3n) is 2.99. The maximum atomic E-state index is 4.44. The Kier molecular flexibility index (Phi) is 3.81. The zero-order valence-electron chi connectivity index (χ0n) is 11.5. The summed E-state index contributed by atoms with van der Waals surface area (Å²) in [7, 11) is 4.05. The molecule has 0 unspecified atom stereocenters. The van der Waals surface area contributed by atoms with Crippen LogP contribution in [0.25, 0.3) is 11.0 Å². The van der Waals surface area contributed by atoms with Crippen molar-refractivity contribution >= 4 is 16.9 Å². The Hall–Kier alpha value is -1.62. The molecule has 1 N–H and O–H groups in total. The van der Waals surface area contributed by atoms with Gasteiger partial charge in [-0.3, -0.25) is 0 Å².